The van der Waals surface area contributed by atoms with Gasteiger partial charge in [-0.3, -0.25) is 0 Å². The zero-order valence-corrected chi connectivity index (χ0v) is 19.2. The van der Waals surface area contributed by atoms with Gasteiger partial charge in [0.1, 0.15) is 17.4 Å². The first kappa shape index (κ1) is 22.9. The van der Waals surface area contributed by atoms with Gasteiger partial charge in [-0.05, 0) is 56.2 Å². The van der Waals surface area contributed by atoms with Gasteiger partial charge in [-0.25, -0.2) is 14.8 Å². The summed E-state index contributed by atoms with van der Waals surface area (Å²) in [5, 5.41) is 5.60. The van der Waals surface area contributed by atoms with Crippen molar-refractivity contribution in [2.24, 2.45) is 5.11 Å². The Morgan fingerprint density at radius 2 is 2.03 bits per heavy atom. The quantitative estimate of drug-likeness (QED) is 0.256. The van der Waals surface area contributed by atoms with Gasteiger partial charge in [0.25, 0.3) is 0 Å². The smallest absolute Gasteiger partial charge is 0.410 e. The van der Waals surface area contributed by atoms with Crippen LogP contribution in [0.4, 0.5) is 4.79 Å². The molecule has 166 valence electrons. The number of carbonyl (C=O) groups is 1. The lowest BCUT2D eigenvalue weighted by atomic mass is 9.93. The van der Waals surface area contributed by atoms with Crippen LogP contribution in [0.3, 0.4) is 0 Å². The van der Waals surface area contributed by atoms with E-state index in [1.165, 1.54) is 0 Å². The number of rotatable bonds is 5. The highest BCUT2D eigenvalue weighted by Crippen LogP contribution is 2.35. The van der Waals surface area contributed by atoms with Crippen molar-refractivity contribution in [3.8, 4) is 5.88 Å². The number of amides is 1. The van der Waals surface area contributed by atoms with E-state index in [4.69, 9.17) is 26.6 Å². The van der Waals surface area contributed by atoms with Crippen LogP contribution < -0.4 is 4.74 Å². The summed E-state index contributed by atoms with van der Waals surface area (Å²) in [6.07, 6.45) is 4.59. The fourth-order valence-corrected chi connectivity index (χ4v) is 3.76. The Balaban J connectivity index is 1.86. The van der Waals surface area contributed by atoms with Gasteiger partial charge in [-0.1, -0.05) is 30.6 Å². The maximum Gasteiger partial charge on any atom is 0.410 e. The second-order valence-electron chi connectivity index (χ2n) is 9.06. The van der Waals surface area contributed by atoms with Gasteiger partial charge in [0, 0.05) is 23.9 Å². The van der Waals surface area contributed by atoms with E-state index in [9.17, 15) is 4.79 Å². The number of likely N-dealkylation sites (tertiary alicyclic amines) is 1. The lowest BCUT2D eigenvalue weighted by Crippen LogP contribution is -2.42. The highest BCUT2D eigenvalue weighted by molar-refractivity contribution is 6.30. The Labute approximate surface area is 186 Å². The molecule has 0 unspecified atom stereocenters. The average molecular weight is 447 g/mol. The predicted octanol–water partition coefficient (Wildman–Crippen LogP) is 5.61. The largest absolute Gasteiger partial charge is 0.475 e. The minimum absolute atomic E-state index is 0.105. The van der Waals surface area contributed by atoms with E-state index in [0.29, 0.717) is 28.5 Å². The van der Waals surface area contributed by atoms with Crippen molar-refractivity contribution in [1.82, 2.24) is 14.9 Å². The fraction of sp³-hybridized carbons (Fsp3) is 0.571. The molecule has 0 saturated carbocycles. The third-order valence-electron chi connectivity index (χ3n) is 5.07. The molecule has 3 rings (SSSR count). The van der Waals surface area contributed by atoms with Crippen LogP contribution in [0.2, 0.25) is 5.15 Å². The zero-order valence-electron chi connectivity index (χ0n) is 18.4. The standard InChI is InChI=1S/C21H27ClN6O3/c1-20(2,3)31-19(29)28-8-6-7-13(28)12-30-18-15-10-24-17(22)9-14(15)16(11-25-18)21(4,5)26-27-23/h9-11,13H,6-8,12H2,1-5H3/t13-/m0/s1. The van der Waals surface area contributed by atoms with E-state index in [-0.39, 0.29) is 18.7 Å². The molecule has 3 heterocycles. The summed E-state index contributed by atoms with van der Waals surface area (Å²) in [5.41, 5.74) is 8.25. The lowest BCUT2D eigenvalue weighted by Gasteiger charge is -2.28. The molecule has 1 atom stereocenters. The Bertz CT molecular complexity index is 1030. The summed E-state index contributed by atoms with van der Waals surface area (Å²) in [6.45, 7) is 10.1. The van der Waals surface area contributed by atoms with Gasteiger partial charge < -0.3 is 14.4 Å². The topological polar surface area (TPSA) is 113 Å². The second kappa shape index (κ2) is 8.77. The summed E-state index contributed by atoms with van der Waals surface area (Å²) in [7, 11) is 0. The molecule has 1 fully saturated rings. The van der Waals surface area contributed by atoms with Gasteiger partial charge in [0.2, 0.25) is 5.88 Å². The van der Waals surface area contributed by atoms with E-state index >= 15 is 0 Å². The van der Waals surface area contributed by atoms with E-state index in [1.54, 1.807) is 37.2 Å². The van der Waals surface area contributed by atoms with E-state index < -0.39 is 11.1 Å². The molecule has 0 N–H and O–H groups in total. The summed E-state index contributed by atoms with van der Waals surface area (Å²) >= 11 is 6.12. The van der Waals surface area contributed by atoms with Crippen LogP contribution in [-0.2, 0) is 10.3 Å². The highest BCUT2D eigenvalue weighted by Gasteiger charge is 2.33. The number of hydrogen-bond donors (Lipinski definition) is 0. The van der Waals surface area contributed by atoms with Crippen LogP contribution in [0, 0.1) is 0 Å². The van der Waals surface area contributed by atoms with Gasteiger partial charge in [-0.15, -0.1) is 0 Å². The van der Waals surface area contributed by atoms with Gasteiger partial charge in [0.05, 0.1) is 17.0 Å². The maximum absolute atomic E-state index is 12.5. The molecule has 0 bridgehead atoms. The second-order valence-corrected chi connectivity index (χ2v) is 9.45. The van der Waals surface area contributed by atoms with Crippen LogP contribution in [-0.4, -0.2) is 45.8 Å². The molecule has 0 spiro atoms. The normalized spacial score (nSPS) is 16.8. The number of halogens is 1. The lowest BCUT2D eigenvalue weighted by molar-refractivity contribution is 0.0186. The van der Waals surface area contributed by atoms with E-state index in [1.807, 2.05) is 20.8 Å². The van der Waals surface area contributed by atoms with Crippen LogP contribution in [0.5, 0.6) is 5.88 Å². The van der Waals surface area contributed by atoms with Crippen molar-refractivity contribution in [3.05, 3.63) is 39.6 Å². The Kier molecular flexibility index (Phi) is 6.48. The summed E-state index contributed by atoms with van der Waals surface area (Å²) in [5.74, 6) is 0.385. The molecule has 0 radical (unpaired) electrons. The maximum atomic E-state index is 12.5. The van der Waals surface area contributed by atoms with Crippen molar-refractivity contribution in [3.63, 3.8) is 0 Å². The van der Waals surface area contributed by atoms with Crippen molar-refractivity contribution >= 4 is 28.5 Å². The number of pyridine rings is 2. The third kappa shape index (κ3) is 5.29. The molecule has 9 nitrogen and oxygen atoms in total. The number of carbonyl (C=O) groups excluding carboxylic acids is 1. The summed E-state index contributed by atoms with van der Waals surface area (Å²) in [4.78, 5) is 25.8. The van der Waals surface area contributed by atoms with Crippen LogP contribution in [0.1, 0.15) is 53.0 Å². The number of nitrogens with zero attached hydrogens (tertiary/aromatic N) is 6. The van der Waals surface area contributed by atoms with E-state index in [0.717, 1.165) is 18.2 Å². The molecular formula is C21H27ClN6O3. The van der Waals surface area contributed by atoms with Crippen LogP contribution in [0.15, 0.2) is 23.6 Å². The first-order valence-electron chi connectivity index (χ1n) is 10.2. The third-order valence-corrected chi connectivity index (χ3v) is 5.28. The van der Waals surface area contributed by atoms with E-state index in [2.05, 4.69) is 20.0 Å². The molecule has 0 aliphatic carbocycles. The number of ether oxygens (including phenoxy) is 2. The highest BCUT2D eigenvalue weighted by atomic mass is 35.5. The molecule has 2 aromatic rings. The zero-order chi connectivity index (χ0) is 22.8. The molecule has 1 saturated heterocycles. The van der Waals surface area contributed by atoms with Gasteiger partial charge >= 0.3 is 6.09 Å². The minimum Gasteiger partial charge on any atom is -0.475 e. The Morgan fingerprint density at radius 3 is 2.71 bits per heavy atom. The molecule has 1 amide bonds. The molecule has 31 heavy (non-hydrogen) atoms. The number of hydrogen-bond acceptors (Lipinski definition) is 6. The summed E-state index contributed by atoms with van der Waals surface area (Å²) in [6, 6.07) is 1.60. The number of fused-ring (bicyclic) bond motifs is 1. The Hall–Kier alpha value is -2.77. The predicted molar refractivity (Wildman–Crippen MR) is 118 cm³/mol. The minimum atomic E-state index is -0.831. The number of aromatic nitrogens is 2. The van der Waals surface area contributed by atoms with Crippen molar-refractivity contribution < 1.29 is 14.3 Å². The summed E-state index contributed by atoms with van der Waals surface area (Å²) < 4.78 is 11.5. The first-order chi connectivity index (χ1) is 14.5. The molecule has 0 aromatic carbocycles. The van der Waals surface area contributed by atoms with Crippen molar-refractivity contribution in [2.75, 3.05) is 13.2 Å². The Morgan fingerprint density at radius 1 is 1.29 bits per heavy atom. The molecular weight excluding hydrogens is 420 g/mol. The molecule has 1 aliphatic rings. The average Bonchev–Trinajstić information content (AvgIpc) is 3.13. The van der Waals surface area contributed by atoms with Crippen molar-refractivity contribution in [2.45, 2.75) is 64.6 Å². The molecule has 10 heteroatoms. The monoisotopic (exact) mass is 446 g/mol. The molecule has 1 aliphatic heterocycles. The SMILES string of the molecule is CC(C)(C)OC(=O)N1CCC[C@H]1COc1ncc(C(C)(C)N=[N+]=[N-])c2cc(Cl)ncc12. The number of azide groups is 1. The first-order valence-corrected chi connectivity index (χ1v) is 10.5. The van der Waals surface area contributed by atoms with Crippen LogP contribution >= 0.6 is 11.6 Å². The van der Waals surface area contributed by atoms with Gasteiger partial charge in [0.15, 0.2) is 0 Å². The fourth-order valence-electron chi connectivity index (χ4n) is 3.60. The van der Waals surface area contributed by atoms with Crippen LogP contribution in [0.25, 0.3) is 21.2 Å². The van der Waals surface area contributed by atoms with Gasteiger partial charge in [-0.2, -0.15) is 0 Å². The van der Waals surface area contributed by atoms with Crippen molar-refractivity contribution in [1.29, 1.82) is 0 Å². The molecule has 2 aromatic heterocycles.